The Kier molecular flexibility index (Phi) is 3.92. The lowest BCUT2D eigenvalue weighted by Gasteiger charge is -2.41. The second-order valence-electron chi connectivity index (χ2n) is 5.84. The number of rotatable bonds is 1. The van der Waals surface area contributed by atoms with Crippen LogP contribution in [0, 0.1) is 17.7 Å². The van der Waals surface area contributed by atoms with Crippen molar-refractivity contribution in [1.82, 2.24) is 9.88 Å². The predicted octanol–water partition coefficient (Wildman–Crippen LogP) is 3.53. The van der Waals surface area contributed by atoms with Crippen LogP contribution < -0.4 is 0 Å². The normalized spacial score (nSPS) is 26.2. The van der Waals surface area contributed by atoms with Crippen LogP contribution in [0.25, 0.3) is 0 Å². The first kappa shape index (κ1) is 13.8. The summed E-state index contributed by atoms with van der Waals surface area (Å²) in [7, 11) is 0. The van der Waals surface area contributed by atoms with E-state index < -0.39 is 5.82 Å². The molecule has 2 atom stereocenters. The Labute approximate surface area is 123 Å². The fourth-order valence-corrected chi connectivity index (χ4v) is 3.71. The number of hydrogen-bond acceptors (Lipinski definition) is 2. The molecule has 3 nitrogen and oxygen atoms in total. The minimum absolute atomic E-state index is 0.0853. The van der Waals surface area contributed by atoms with Crippen LogP contribution in [0.15, 0.2) is 12.3 Å². The Balaban J connectivity index is 1.76. The maximum absolute atomic E-state index is 13.3. The average Bonchev–Trinajstić information content (AvgIpc) is 2.48. The summed E-state index contributed by atoms with van der Waals surface area (Å²) in [6.45, 7) is 1.52. The second kappa shape index (κ2) is 5.68. The molecule has 0 spiro atoms. The summed E-state index contributed by atoms with van der Waals surface area (Å²) in [5, 5.41) is 0.0853. The number of amides is 1. The molecule has 1 aliphatic heterocycles. The maximum atomic E-state index is 13.3. The van der Waals surface area contributed by atoms with Crippen molar-refractivity contribution in [3.05, 3.63) is 28.8 Å². The molecule has 1 aromatic rings. The fourth-order valence-electron chi connectivity index (χ4n) is 3.53. The highest BCUT2D eigenvalue weighted by atomic mass is 35.5. The SMILES string of the molecule is O=C(c1cc(F)cnc1Cl)N1CCC2CCCCC2C1. The van der Waals surface area contributed by atoms with Crippen LogP contribution in [-0.4, -0.2) is 28.9 Å². The van der Waals surface area contributed by atoms with Gasteiger partial charge in [0, 0.05) is 13.1 Å². The molecule has 0 bridgehead atoms. The first-order valence-electron chi connectivity index (χ1n) is 7.25. The molecule has 0 aromatic carbocycles. The van der Waals surface area contributed by atoms with E-state index in [9.17, 15) is 9.18 Å². The molecule has 2 heterocycles. The van der Waals surface area contributed by atoms with E-state index in [4.69, 9.17) is 11.6 Å². The molecule has 2 unspecified atom stereocenters. The third-order valence-corrected chi connectivity index (χ3v) is 4.92. The largest absolute Gasteiger partial charge is 0.338 e. The van der Waals surface area contributed by atoms with Crippen molar-refractivity contribution < 1.29 is 9.18 Å². The molecular weight excluding hydrogens is 279 g/mol. The molecular formula is C15H18ClFN2O. The van der Waals surface area contributed by atoms with Gasteiger partial charge in [0.2, 0.25) is 0 Å². The topological polar surface area (TPSA) is 33.2 Å². The minimum Gasteiger partial charge on any atom is -0.338 e. The zero-order chi connectivity index (χ0) is 14.1. The Morgan fingerprint density at radius 3 is 2.85 bits per heavy atom. The van der Waals surface area contributed by atoms with Crippen LogP contribution >= 0.6 is 11.6 Å². The van der Waals surface area contributed by atoms with Gasteiger partial charge in [-0.25, -0.2) is 9.37 Å². The van der Waals surface area contributed by atoms with E-state index in [1.807, 2.05) is 4.90 Å². The highest BCUT2D eigenvalue weighted by Gasteiger charge is 2.33. The molecule has 0 radical (unpaired) electrons. The lowest BCUT2D eigenvalue weighted by atomic mass is 9.75. The summed E-state index contributed by atoms with van der Waals surface area (Å²) < 4.78 is 13.3. The summed E-state index contributed by atoms with van der Waals surface area (Å²) in [6.07, 6.45) is 7.14. The number of hydrogen-bond donors (Lipinski definition) is 0. The average molecular weight is 297 g/mol. The smallest absolute Gasteiger partial charge is 0.257 e. The zero-order valence-corrected chi connectivity index (χ0v) is 12.1. The van der Waals surface area contributed by atoms with Crippen molar-refractivity contribution in [3.8, 4) is 0 Å². The van der Waals surface area contributed by atoms with Crippen molar-refractivity contribution in [1.29, 1.82) is 0 Å². The lowest BCUT2D eigenvalue weighted by molar-refractivity contribution is 0.0520. The fraction of sp³-hybridized carbons (Fsp3) is 0.600. The molecule has 1 amide bonds. The molecule has 1 saturated heterocycles. The van der Waals surface area contributed by atoms with Crippen molar-refractivity contribution in [2.75, 3.05) is 13.1 Å². The Hall–Kier alpha value is -1.16. The van der Waals surface area contributed by atoms with E-state index in [2.05, 4.69) is 4.98 Å². The van der Waals surface area contributed by atoms with Crippen LogP contribution in [0.2, 0.25) is 5.15 Å². The summed E-state index contributed by atoms with van der Waals surface area (Å²) >= 11 is 5.92. The Bertz CT molecular complexity index is 523. The molecule has 2 aliphatic rings. The summed E-state index contributed by atoms with van der Waals surface area (Å²) in [5.74, 6) is 0.645. The monoisotopic (exact) mass is 296 g/mol. The van der Waals surface area contributed by atoms with Gasteiger partial charge in [0.1, 0.15) is 11.0 Å². The van der Waals surface area contributed by atoms with Gasteiger partial charge in [-0.2, -0.15) is 0 Å². The molecule has 108 valence electrons. The van der Waals surface area contributed by atoms with E-state index in [0.29, 0.717) is 5.92 Å². The molecule has 20 heavy (non-hydrogen) atoms. The number of fused-ring (bicyclic) bond motifs is 1. The second-order valence-corrected chi connectivity index (χ2v) is 6.19. The predicted molar refractivity (Wildman–Crippen MR) is 75.2 cm³/mol. The Morgan fingerprint density at radius 2 is 2.05 bits per heavy atom. The third-order valence-electron chi connectivity index (χ3n) is 4.61. The van der Waals surface area contributed by atoms with Crippen LogP contribution in [0.4, 0.5) is 4.39 Å². The number of pyridine rings is 1. The number of halogens is 2. The minimum atomic E-state index is -0.523. The van der Waals surface area contributed by atoms with Crippen LogP contribution in [-0.2, 0) is 0 Å². The zero-order valence-electron chi connectivity index (χ0n) is 11.3. The highest BCUT2D eigenvalue weighted by molar-refractivity contribution is 6.32. The first-order chi connectivity index (χ1) is 9.65. The lowest BCUT2D eigenvalue weighted by Crippen LogP contribution is -2.44. The van der Waals surface area contributed by atoms with E-state index in [-0.39, 0.29) is 16.6 Å². The molecule has 0 N–H and O–H groups in total. The van der Waals surface area contributed by atoms with E-state index >= 15 is 0 Å². The van der Waals surface area contributed by atoms with E-state index in [1.165, 1.54) is 31.7 Å². The third kappa shape index (κ3) is 2.66. The van der Waals surface area contributed by atoms with Gasteiger partial charge in [0.15, 0.2) is 0 Å². The number of likely N-dealkylation sites (tertiary alicyclic amines) is 1. The van der Waals surface area contributed by atoms with Crippen molar-refractivity contribution in [3.63, 3.8) is 0 Å². The highest BCUT2D eigenvalue weighted by Crippen LogP contribution is 2.36. The molecule has 1 saturated carbocycles. The van der Waals surface area contributed by atoms with Crippen LogP contribution in [0.5, 0.6) is 0 Å². The van der Waals surface area contributed by atoms with Gasteiger partial charge in [-0.15, -0.1) is 0 Å². The number of aromatic nitrogens is 1. The van der Waals surface area contributed by atoms with Gasteiger partial charge in [0.25, 0.3) is 5.91 Å². The number of piperidine rings is 1. The standard InChI is InChI=1S/C15H18ClFN2O/c16-14-13(7-12(17)8-18-14)15(20)19-6-5-10-3-1-2-4-11(10)9-19/h7-8,10-11H,1-6,9H2. The van der Waals surface area contributed by atoms with Gasteiger partial charge >= 0.3 is 0 Å². The summed E-state index contributed by atoms with van der Waals surface area (Å²) in [6, 6.07) is 1.19. The van der Waals surface area contributed by atoms with Crippen LogP contribution in [0.3, 0.4) is 0 Å². The van der Waals surface area contributed by atoms with Gasteiger partial charge < -0.3 is 4.90 Å². The van der Waals surface area contributed by atoms with Crippen molar-refractivity contribution in [2.45, 2.75) is 32.1 Å². The molecule has 3 rings (SSSR count). The quantitative estimate of drug-likeness (QED) is 0.743. The number of nitrogens with zero attached hydrogens (tertiary/aromatic N) is 2. The van der Waals surface area contributed by atoms with E-state index in [0.717, 1.165) is 31.6 Å². The van der Waals surface area contributed by atoms with Gasteiger partial charge in [-0.3, -0.25) is 4.79 Å². The van der Waals surface area contributed by atoms with Crippen molar-refractivity contribution >= 4 is 17.5 Å². The summed E-state index contributed by atoms with van der Waals surface area (Å²) in [5.41, 5.74) is 0.181. The number of carbonyl (C=O) groups is 1. The molecule has 1 aromatic heterocycles. The van der Waals surface area contributed by atoms with Gasteiger partial charge in [-0.1, -0.05) is 30.9 Å². The van der Waals surface area contributed by atoms with E-state index in [1.54, 1.807) is 0 Å². The molecule has 5 heteroatoms. The molecule has 1 aliphatic carbocycles. The first-order valence-corrected chi connectivity index (χ1v) is 7.63. The Morgan fingerprint density at radius 1 is 1.30 bits per heavy atom. The maximum Gasteiger partial charge on any atom is 0.257 e. The van der Waals surface area contributed by atoms with Crippen molar-refractivity contribution in [2.24, 2.45) is 11.8 Å². The summed E-state index contributed by atoms with van der Waals surface area (Å²) in [4.78, 5) is 18.0. The number of carbonyl (C=O) groups excluding carboxylic acids is 1. The van der Waals surface area contributed by atoms with Crippen LogP contribution in [0.1, 0.15) is 42.5 Å². The van der Waals surface area contributed by atoms with Gasteiger partial charge in [0.05, 0.1) is 11.8 Å². The van der Waals surface area contributed by atoms with Gasteiger partial charge in [-0.05, 0) is 30.7 Å². The molecule has 2 fully saturated rings.